The number of anilines is 1. The minimum Gasteiger partial charge on any atom is -0.497 e. The molecule has 19 heavy (non-hydrogen) atoms. The first-order valence-corrected chi connectivity index (χ1v) is 6.81. The molecule has 0 unspecified atom stereocenters. The van der Waals surface area contributed by atoms with Gasteiger partial charge in [0.15, 0.2) is 0 Å². The van der Waals surface area contributed by atoms with E-state index in [1.54, 1.807) is 0 Å². The van der Waals surface area contributed by atoms with Gasteiger partial charge in [-0.25, -0.2) is 17.9 Å². The van der Waals surface area contributed by atoms with Gasteiger partial charge in [0.2, 0.25) is 10.0 Å². The molecule has 0 saturated carbocycles. The van der Waals surface area contributed by atoms with Crippen molar-refractivity contribution in [3.05, 3.63) is 18.2 Å². The van der Waals surface area contributed by atoms with Gasteiger partial charge < -0.3 is 21.5 Å². The average Bonchev–Trinajstić information content (AvgIpc) is 2.34. The van der Waals surface area contributed by atoms with Gasteiger partial charge >= 0.3 is 6.03 Å². The SMILES string of the molecule is COc1ccc(S(=O)(=O)NCCNC(N)=O)c(N)c1. The average molecular weight is 288 g/mol. The third kappa shape index (κ3) is 4.30. The van der Waals surface area contributed by atoms with Crippen LogP contribution < -0.4 is 26.2 Å². The fraction of sp³-hybridized carbons (Fsp3) is 0.300. The molecular weight excluding hydrogens is 272 g/mol. The maximum absolute atomic E-state index is 11.9. The molecule has 1 rings (SSSR count). The third-order valence-corrected chi connectivity index (χ3v) is 3.76. The van der Waals surface area contributed by atoms with Crippen molar-refractivity contribution in [3.8, 4) is 5.75 Å². The van der Waals surface area contributed by atoms with Gasteiger partial charge in [-0.05, 0) is 12.1 Å². The molecule has 2 amide bonds. The quantitative estimate of drug-likeness (QED) is 0.402. The van der Waals surface area contributed by atoms with Gasteiger partial charge in [-0.15, -0.1) is 0 Å². The Hall–Kier alpha value is -2.00. The zero-order valence-electron chi connectivity index (χ0n) is 10.3. The molecule has 0 aromatic heterocycles. The Morgan fingerprint density at radius 3 is 2.58 bits per heavy atom. The van der Waals surface area contributed by atoms with Crippen LogP contribution in [0.3, 0.4) is 0 Å². The van der Waals surface area contributed by atoms with E-state index in [0.29, 0.717) is 5.75 Å². The van der Waals surface area contributed by atoms with Crippen LogP contribution in [0.1, 0.15) is 0 Å². The Kier molecular flexibility index (Phi) is 4.95. The second-order valence-corrected chi connectivity index (χ2v) is 5.33. The van der Waals surface area contributed by atoms with E-state index < -0.39 is 16.1 Å². The van der Waals surface area contributed by atoms with Crippen molar-refractivity contribution in [3.63, 3.8) is 0 Å². The van der Waals surface area contributed by atoms with Gasteiger partial charge in [0.05, 0.1) is 12.8 Å². The Balaban J connectivity index is 2.74. The number of primary amides is 1. The van der Waals surface area contributed by atoms with Crippen LogP contribution in [-0.4, -0.2) is 34.6 Å². The smallest absolute Gasteiger partial charge is 0.312 e. The summed E-state index contributed by atoms with van der Waals surface area (Å²) in [5.74, 6) is 0.465. The van der Waals surface area contributed by atoms with Crippen LogP contribution in [-0.2, 0) is 10.0 Å². The number of rotatable bonds is 6. The minimum absolute atomic E-state index is 0.0107. The van der Waals surface area contributed by atoms with Crippen LogP contribution in [0.5, 0.6) is 5.75 Å². The van der Waals surface area contributed by atoms with Crippen molar-refractivity contribution in [2.45, 2.75) is 4.90 Å². The van der Waals surface area contributed by atoms with Crippen LogP contribution in [0.2, 0.25) is 0 Å². The zero-order valence-corrected chi connectivity index (χ0v) is 11.2. The molecule has 0 radical (unpaired) electrons. The normalized spacial score (nSPS) is 11.0. The van der Waals surface area contributed by atoms with E-state index in [0.717, 1.165) is 0 Å². The molecule has 0 aliphatic carbocycles. The lowest BCUT2D eigenvalue weighted by Gasteiger charge is -2.10. The van der Waals surface area contributed by atoms with Crippen molar-refractivity contribution >= 4 is 21.7 Å². The number of hydrogen-bond donors (Lipinski definition) is 4. The van der Waals surface area contributed by atoms with Crippen molar-refractivity contribution in [2.75, 3.05) is 25.9 Å². The lowest BCUT2D eigenvalue weighted by atomic mass is 10.3. The Bertz CT molecular complexity index is 559. The number of nitrogens with two attached hydrogens (primary N) is 2. The second-order valence-electron chi connectivity index (χ2n) is 3.59. The van der Waals surface area contributed by atoms with Gasteiger partial charge in [0.25, 0.3) is 0 Å². The molecule has 1 aromatic rings. The zero-order chi connectivity index (χ0) is 14.5. The molecule has 0 atom stereocenters. The predicted molar refractivity (Wildman–Crippen MR) is 70.2 cm³/mol. The number of carbonyl (C=O) groups excluding carboxylic acids is 1. The summed E-state index contributed by atoms with van der Waals surface area (Å²) in [5, 5.41) is 2.26. The third-order valence-electron chi connectivity index (χ3n) is 2.22. The predicted octanol–water partition coefficient (Wildman–Crippen LogP) is -0.776. The Labute approximate surface area is 111 Å². The lowest BCUT2D eigenvalue weighted by Crippen LogP contribution is -2.37. The second kappa shape index (κ2) is 6.25. The van der Waals surface area contributed by atoms with Gasteiger partial charge in [0.1, 0.15) is 10.6 Å². The van der Waals surface area contributed by atoms with Crippen molar-refractivity contribution in [1.29, 1.82) is 0 Å². The Morgan fingerprint density at radius 2 is 2.05 bits per heavy atom. The summed E-state index contributed by atoms with van der Waals surface area (Å²) in [4.78, 5) is 10.4. The van der Waals surface area contributed by atoms with Crippen molar-refractivity contribution in [1.82, 2.24) is 10.0 Å². The minimum atomic E-state index is -3.74. The van der Waals surface area contributed by atoms with Gasteiger partial charge in [-0.3, -0.25) is 0 Å². The highest BCUT2D eigenvalue weighted by Crippen LogP contribution is 2.23. The van der Waals surface area contributed by atoms with Gasteiger partial charge in [0, 0.05) is 19.2 Å². The Morgan fingerprint density at radius 1 is 1.37 bits per heavy atom. The number of amides is 2. The summed E-state index contributed by atoms with van der Waals surface area (Å²) in [6.07, 6.45) is 0. The summed E-state index contributed by atoms with van der Waals surface area (Å²) in [7, 11) is -2.28. The summed E-state index contributed by atoms with van der Waals surface area (Å²) >= 11 is 0. The monoisotopic (exact) mass is 288 g/mol. The molecule has 9 heteroatoms. The number of nitrogen functional groups attached to an aromatic ring is 1. The molecule has 0 bridgehead atoms. The number of hydrogen-bond acceptors (Lipinski definition) is 5. The molecule has 1 aromatic carbocycles. The van der Waals surface area contributed by atoms with E-state index in [2.05, 4.69) is 10.0 Å². The van der Waals surface area contributed by atoms with E-state index in [1.807, 2.05) is 0 Å². The number of nitrogens with one attached hydrogen (secondary N) is 2. The van der Waals surface area contributed by atoms with Crippen molar-refractivity contribution in [2.24, 2.45) is 5.73 Å². The molecule has 0 spiro atoms. The van der Waals surface area contributed by atoms with Gasteiger partial charge in [-0.2, -0.15) is 0 Å². The molecule has 8 nitrogen and oxygen atoms in total. The van der Waals surface area contributed by atoms with Crippen LogP contribution >= 0.6 is 0 Å². The molecule has 0 aliphatic heterocycles. The molecule has 0 fully saturated rings. The molecular formula is C10H16N4O4S. The fourth-order valence-corrected chi connectivity index (χ4v) is 2.49. The fourth-order valence-electron chi connectivity index (χ4n) is 1.35. The maximum atomic E-state index is 11.9. The van der Waals surface area contributed by atoms with Gasteiger partial charge in [-0.1, -0.05) is 0 Å². The van der Waals surface area contributed by atoms with E-state index in [9.17, 15) is 13.2 Å². The van der Waals surface area contributed by atoms with Crippen LogP contribution in [0, 0.1) is 0 Å². The molecule has 106 valence electrons. The van der Waals surface area contributed by atoms with E-state index in [4.69, 9.17) is 16.2 Å². The van der Waals surface area contributed by atoms with Crippen LogP contribution in [0.25, 0.3) is 0 Å². The first kappa shape index (κ1) is 15.1. The highest BCUT2D eigenvalue weighted by molar-refractivity contribution is 7.89. The molecule has 0 saturated heterocycles. The topological polar surface area (TPSA) is 137 Å². The summed E-state index contributed by atoms with van der Waals surface area (Å²) in [6.45, 7) is 0.0986. The first-order chi connectivity index (χ1) is 8.86. The summed E-state index contributed by atoms with van der Waals surface area (Å²) in [6, 6.07) is 3.53. The molecule has 6 N–H and O–H groups in total. The highest BCUT2D eigenvalue weighted by Gasteiger charge is 2.17. The highest BCUT2D eigenvalue weighted by atomic mass is 32.2. The standard InChI is InChI=1S/C10H16N4O4S/c1-18-7-2-3-9(8(11)6-7)19(16,17)14-5-4-13-10(12)15/h2-3,6,14H,4-5,11H2,1H3,(H3,12,13,15). The molecule has 0 heterocycles. The number of carbonyl (C=O) groups is 1. The number of benzene rings is 1. The van der Waals surface area contributed by atoms with E-state index in [-0.39, 0.29) is 23.7 Å². The van der Waals surface area contributed by atoms with E-state index >= 15 is 0 Å². The lowest BCUT2D eigenvalue weighted by molar-refractivity contribution is 0.249. The first-order valence-electron chi connectivity index (χ1n) is 5.33. The van der Waals surface area contributed by atoms with Crippen LogP contribution in [0.15, 0.2) is 23.1 Å². The van der Waals surface area contributed by atoms with E-state index in [1.165, 1.54) is 25.3 Å². The number of methoxy groups -OCH3 is 1. The summed E-state index contributed by atoms with van der Waals surface area (Å²) < 4.78 is 31.1. The molecule has 0 aliphatic rings. The largest absolute Gasteiger partial charge is 0.497 e. The number of sulfonamides is 1. The van der Waals surface area contributed by atoms with Crippen LogP contribution in [0.4, 0.5) is 10.5 Å². The number of ether oxygens (including phenoxy) is 1. The number of urea groups is 1. The van der Waals surface area contributed by atoms with Crippen molar-refractivity contribution < 1.29 is 17.9 Å². The maximum Gasteiger partial charge on any atom is 0.312 e. The summed E-state index contributed by atoms with van der Waals surface area (Å²) in [5.41, 5.74) is 10.6.